The Morgan fingerprint density at radius 1 is 1.25 bits per heavy atom. The normalized spacial score (nSPS) is 12.0. The van der Waals surface area contributed by atoms with E-state index in [0.29, 0.717) is 17.0 Å². The number of esters is 1. The smallest absolute Gasteiger partial charge is 0.342 e. The number of aryl methyl sites for hydroxylation is 1. The second kappa shape index (κ2) is 7.91. The zero-order valence-electron chi connectivity index (χ0n) is 13.9. The van der Waals surface area contributed by atoms with Gasteiger partial charge in [-0.05, 0) is 67.6 Å². The van der Waals surface area contributed by atoms with E-state index in [0.717, 1.165) is 16.7 Å². The van der Waals surface area contributed by atoms with E-state index in [4.69, 9.17) is 27.9 Å². The van der Waals surface area contributed by atoms with E-state index < -0.39 is 5.97 Å². The van der Waals surface area contributed by atoms with Crippen LogP contribution in [0, 0.1) is 13.8 Å². The lowest BCUT2D eigenvalue weighted by atomic mass is 9.92. The molecule has 128 valence electrons. The molecule has 0 aliphatic rings. The Labute approximate surface area is 152 Å². The van der Waals surface area contributed by atoms with Crippen molar-refractivity contribution in [3.63, 3.8) is 0 Å². The Bertz CT molecular complexity index is 739. The van der Waals surface area contributed by atoms with Crippen LogP contribution in [-0.2, 0) is 11.2 Å². The van der Waals surface area contributed by atoms with Crippen LogP contribution in [0.25, 0.3) is 0 Å². The van der Waals surface area contributed by atoms with Crippen molar-refractivity contribution in [1.82, 2.24) is 0 Å². The van der Waals surface area contributed by atoms with Crippen LogP contribution in [0.5, 0.6) is 5.75 Å². The number of alkyl halides is 1. The highest BCUT2D eigenvalue weighted by atomic mass is 35.5. The number of carbonyl (C=O) groups is 1. The van der Waals surface area contributed by atoms with Crippen LogP contribution in [0.15, 0.2) is 30.3 Å². The topological polar surface area (TPSA) is 46.5 Å². The van der Waals surface area contributed by atoms with Gasteiger partial charge >= 0.3 is 5.97 Å². The molecule has 0 aromatic heterocycles. The predicted octanol–water partition coefficient (Wildman–Crippen LogP) is 5.36. The molecule has 0 fully saturated rings. The van der Waals surface area contributed by atoms with Crippen LogP contribution in [0.1, 0.15) is 44.9 Å². The summed E-state index contributed by atoms with van der Waals surface area (Å²) in [5.74, 6) is -0.587. The lowest BCUT2D eigenvalue weighted by Crippen LogP contribution is -2.11. The van der Waals surface area contributed by atoms with Gasteiger partial charge in [0.1, 0.15) is 11.3 Å². The second-order valence-electron chi connectivity index (χ2n) is 5.63. The number of phenolic OH excluding ortho intramolecular Hbond substituents is 1. The van der Waals surface area contributed by atoms with Gasteiger partial charge in [0.15, 0.2) is 0 Å². The molecule has 0 saturated heterocycles. The lowest BCUT2D eigenvalue weighted by molar-refractivity contribution is 0.0522. The molecule has 0 saturated carbocycles. The van der Waals surface area contributed by atoms with E-state index in [-0.39, 0.29) is 23.3 Å². The molecule has 2 aromatic carbocycles. The summed E-state index contributed by atoms with van der Waals surface area (Å²) in [6.07, 6.45) is 0.535. The lowest BCUT2D eigenvalue weighted by Gasteiger charge is -2.18. The van der Waals surface area contributed by atoms with Gasteiger partial charge in [0, 0.05) is 5.02 Å². The highest BCUT2D eigenvalue weighted by molar-refractivity contribution is 6.30. The van der Waals surface area contributed by atoms with Crippen molar-refractivity contribution in [2.45, 2.75) is 32.6 Å². The van der Waals surface area contributed by atoms with Crippen molar-refractivity contribution < 1.29 is 14.6 Å². The maximum Gasteiger partial charge on any atom is 0.342 e. The Morgan fingerprint density at radius 2 is 1.88 bits per heavy atom. The molecule has 2 rings (SSSR count). The number of aromatic hydroxyl groups is 1. The number of carbonyl (C=O) groups excluding carboxylic acids is 1. The summed E-state index contributed by atoms with van der Waals surface area (Å²) in [7, 11) is 0. The van der Waals surface area contributed by atoms with Crippen LogP contribution in [-0.4, -0.2) is 17.7 Å². The third-order valence-electron chi connectivity index (χ3n) is 4.01. The summed E-state index contributed by atoms with van der Waals surface area (Å²) < 4.78 is 5.04. The van der Waals surface area contributed by atoms with Gasteiger partial charge in [-0.15, -0.1) is 11.6 Å². The van der Waals surface area contributed by atoms with Crippen molar-refractivity contribution in [2.24, 2.45) is 0 Å². The molecular formula is C19H20Cl2O3. The summed E-state index contributed by atoms with van der Waals surface area (Å²) in [4.78, 5) is 12.1. The number of hydrogen-bond acceptors (Lipinski definition) is 3. The van der Waals surface area contributed by atoms with Crippen LogP contribution in [0.4, 0.5) is 0 Å². The highest BCUT2D eigenvalue weighted by Gasteiger charge is 2.22. The quantitative estimate of drug-likeness (QED) is 0.572. The third-order valence-corrected chi connectivity index (χ3v) is 4.67. The molecule has 0 heterocycles. The predicted molar refractivity (Wildman–Crippen MR) is 97.3 cm³/mol. The molecule has 2 aromatic rings. The van der Waals surface area contributed by atoms with Crippen molar-refractivity contribution in [1.29, 1.82) is 0 Å². The fourth-order valence-electron chi connectivity index (χ4n) is 2.75. The molecule has 1 N–H and O–H groups in total. The van der Waals surface area contributed by atoms with E-state index in [2.05, 4.69) is 0 Å². The average Bonchev–Trinajstić information content (AvgIpc) is 2.52. The van der Waals surface area contributed by atoms with Crippen molar-refractivity contribution in [3.05, 3.63) is 63.2 Å². The van der Waals surface area contributed by atoms with Crippen LogP contribution in [0.3, 0.4) is 0 Å². The van der Waals surface area contributed by atoms with E-state index >= 15 is 0 Å². The molecule has 0 amide bonds. The maximum absolute atomic E-state index is 12.1. The van der Waals surface area contributed by atoms with E-state index in [1.165, 1.54) is 0 Å². The number of phenols is 1. The van der Waals surface area contributed by atoms with Crippen LogP contribution >= 0.6 is 23.2 Å². The number of hydrogen-bond donors (Lipinski definition) is 1. The minimum Gasteiger partial charge on any atom is -0.507 e. The van der Waals surface area contributed by atoms with E-state index in [1.807, 2.05) is 19.1 Å². The van der Waals surface area contributed by atoms with Gasteiger partial charge in [0.05, 0.1) is 12.0 Å². The van der Waals surface area contributed by atoms with Gasteiger partial charge in [0.25, 0.3) is 0 Å². The molecule has 0 radical (unpaired) electrons. The van der Waals surface area contributed by atoms with Gasteiger partial charge in [-0.3, -0.25) is 0 Å². The third kappa shape index (κ3) is 4.03. The average molecular weight is 367 g/mol. The van der Waals surface area contributed by atoms with Gasteiger partial charge in [-0.1, -0.05) is 23.7 Å². The standard InChI is InChI=1S/C19H20Cl2O3/c1-4-24-19(23)18-12(3)15(11(2)9-17(18)22)10-16(21)13-5-7-14(20)8-6-13/h5-9,16,22H,4,10H2,1-3H3. The first-order valence-corrected chi connectivity index (χ1v) is 8.55. The minimum absolute atomic E-state index is 0.0650. The van der Waals surface area contributed by atoms with Crippen LogP contribution in [0.2, 0.25) is 5.02 Å². The van der Waals surface area contributed by atoms with Crippen molar-refractivity contribution >= 4 is 29.2 Å². The number of benzene rings is 2. The largest absolute Gasteiger partial charge is 0.507 e. The fourth-order valence-corrected chi connectivity index (χ4v) is 3.17. The van der Waals surface area contributed by atoms with Gasteiger partial charge in [-0.25, -0.2) is 4.79 Å². The number of halogens is 2. The SMILES string of the molecule is CCOC(=O)c1c(O)cc(C)c(CC(Cl)c2ccc(Cl)cc2)c1C. The molecule has 0 spiro atoms. The zero-order chi connectivity index (χ0) is 17.9. The molecule has 0 aliphatic heterocycles. The van der Waals surface area contributed by atoms with Gasteiger partial charge in [-0.2, -0.15) is 0 Å². The van der Waals surface area contributed by atoms with Gasteiger partial charge in [0.2, 0.25) is 0 Å². The summed E-state index contributed by atoms with van der Waals surface area (Å²) in [5.41, 5.74) is 3.68. The molecule has 3 nitrogen and oxygen atoms in total. The molecular weight excluding hydrogens is 347 g/mol. The Balaban J connectivity index is 2.37. The summed E-state index contributed by atoms with van der Waals surface area (Å²) in [6.45, 7) is 5.68. The summed E-state index contributed by atoms with van der Waals surface area (Å²) >= 11 is 12.5. The molecule has 1 atom stereocenters. The Kier molecular flexibility index (Phi) is 6.14. The van der Waals surface area contributed by atoms with E-state index in [9.17, 15) is 9.90 Å². The highest BCUT2D eigenvalue weighted by Crippen LogP contribution is 2.33. The summed E-state index contributed by atoms with van der Waals surface area (Å²) in [6, 6.07) is 8.95. The number of ether oxygens (including phenoxy) is 1. The molecule has 24 heavy (non-hydrogen) atoms. The Hall–Kier alpha value is -1.71. The fraction of sp³-hybridized carbons (Fsp3) is 0.316. The first-order valence-electron chi connectivity index (χ1n) is 7.73. The molecule has 0 aliphatic carbocycles. The number of rotatable bonds is 5. The first-order chi connectivity index (χ1) is 11.3. The monoisotopic (exact) mass is 366 g/mol. The van der Waals surface area contributed by atoms with Crippen molar-refractivity contribution in [2.75, 3.05) is 6.61 Å². The Morgan fingerprint density at radius 3 is 2.46 bits per heavy atom. The summed E-state index contributed by atoms with van der Waals surface area (Å²) in [5, 5.41) is 10.5. The minimum atomic E-state index is -0.522. The zero-order valence-corrected chi connectivity index (χ0v) is 15.4. The molecule has 5 heteroatoms. The maximum atomic E-state index is 12.1. The second-order valence-corrected chi connectivity index (χ2v) is 6.60. The first kappa shape index (κ1) is 18.6. The molecule has 1 unspecified atom stereocenters. The van der Waals surface area contributed by atoms with E-state index in [1.54, 1.807) is 32.0 Å². The molecule has 0 bridgehead atoms. The van der Waals surface area contributed by atoms with Crippen LogP contribution < -0.4 is 0 Å². The van der Waals surface area contributed by atoms with Crippen molar-refractivity contribution in [3.8, 4) is 5.75 Å². The van der Waals surface area contributed by atoms with Gasteiger partial charge < -0.3 is 9.84 Å².